The van der Waals surface area contributed by atoms with Crippen LogP contribution in [0.2, 0.25) is 0 Å². The van der Waals surface area contributed by atoms with Crippen LogP contribution in [0.25, 0.3) is 0 Å². The zero-order valence-corrected chi connectivity index (χ0v) is 15.1. The lowest BCUT2D eigenvalue weighted by Gasteiger charge is -2.32. The van der Waals surface area contributed by atoms with Crippen molar-refractivity contribution in [3.8, 4) is 11.5 Å². The Balaban J connectivity index is 1.39. The molecular formula is C21H23NO5. The van der Waals surface area contributed by atoms with Gasteiger partial charge in [0.15, 0.2) is 11.5 Å². The van der Waals surface area contributed by atoms with E-state index in [-0.39, 0.29) is 18.1 Å². The minimum Gasteiger partial charge on any atom is -0.486 e. The number of carbonyl (C=O) groups is 1. The van der Waals surface area contributed by atoms with Crippen LogP contribution in [-0.4, -0.2) is 44.5 Å². The van der Waals surface area contributed by atoms with Gasteiger partial charge in [0, 0.05) is 12.2 Å². The summed E-state index contributed by atoms with van der Waals surface area (Å²) in [7, 11) is 0. The Morgan fingerprint density at radius 2 is 1.85 bits per heavy atom. The number of fused-ring (bicyclic) bond motifs is 1. The molecule has 1 saturated heterocycles. The van der Waals surface area contributed by atoms with Gasteiger partial charge >= 0.3 is 0 Å². The average Bonchev–Trinajstić information content (AvgIpc) is 2.73. The van der Waals surface area contributed by atoms with Gasteiger partial charge in [-0.2, -0.15) is 0 Å². The van der Waals surface area contributed by atoms with Crippen molar-refractivity contribution in [2.75, 3.05) is 26.4 Å². The minimum atomic E-state index is -0.180. The summed E-state index contributed by atoms with van der Waals surface area (Å²) in [6, 6.07) is 15.1. The first-order valence-corrected chi connectivity index (χ1v) is 9.23. The summed E-state index contributed by atoms with van der Waals surface area (Å²) in [5.74, 6) is 1.14. The Morgan fingerprint density at radius 1 is 1.04 bits per heavy atom. The smallest absolute Gasteiger partial charge is 0.251 e. The normalized spacial score (nSPS) is 21.5. The van der Waals surface area contributed by atoms with E-state index < -0.39 is 0 Å². The van der Waals surface area contributed by atoms with Crippen LogP contribution < -0.4 is 14.8 Å². The van der Waals surface area contributed by atoms with Gasteiger partial charge in [-0.3, -0.25) is 4.79 Å². The van der Waals surface area contributed by atoms with Gasteiger partial charge < -0.3 is 24.3 Å². The lowest BCUT2D eigenvalue weighted by atomic mass is 10.0. The van der Waals surface area contributed by atoms with E-state index in [9.17, 15) is 4.79 Å². The van der Waals surface area contributed by atoms with Crippen LogP contribution >= 0.6 is 0 Å². The van der Waals surface area contributed by atoms with E-state index in [0.717, 1.165) is 12.0 Å². The standard InChI is InChI=1S/C21H23NO5/c23-21(16-6-7-18-19(12-16)26-11-10-25-18)22-17-8-9-24-14-20(17)27-13-15-4-2-1-3-5-15/h1-7,12,17,20H,8-11,13-14H2,(H,22,23)/t17-,20-/m1/s1. The molecule has 1 fully saturated rings. The fraction of sp³-hybridized carbons (Fsp3) is 0.381. The summed E-state index contributed by atoms with van der Waals surface area (Å²) >= 11 is 0. The average molecular weight is 369 g/mol. The van der Waals surface area contributed by atoms with Crippen LogP contribution in [0.1, 0.15) is 22.3 Å². The van der Waals surface area contributed by atoms with Crippen molar-refractivity contribution in [1.82, 2.24) is 5.32 Å². The summed E-state index contributed by atoms with van der Waals surface area (Å²) in [5.41, 5.74) is 1.65. The van der Waals surface area contributed by atoms with E-state index in [1.54, 1.807) is 18.2 Å². The molecule has 6 heteroatoms. The van der Waals surface area contributed by atoms with E-state index in [1.807, 2.05) is 30.3 Å². The Kier molecular flexibility index (Phi) is 5.55. The van der Waals surface area contributed by atoms with Crippen molar-refractivity contribution in [1.29, 1.82) is 0 Å². The van der Waals surface area contributed by atoms with E-state index in [2.05, 4.69) is 5.32 Å². The first-order valence-electron chi connectivity index (χ1n) is 9.23. The lowest BCUT2D eigenvalue weighted by Crippen LogP contribution is -2.49. The monoisotopic (exact) mass is 369 g/mol. The molecule has 4 rings (SSSR count). The summed E-state index contributed by atoms with van der Waals surface area (Å²) in [6.07, 6.45) is 0.538. The van der Waals surface area contributed by atoms with Crippen LogP contribution in [0.5, 0.6) is 11.5 Å². The molecule has 1 amide bonds. The maximum atomic E-state index is 12.7. The molecule has 0 radical (unpaired) electrons. The van der Waals surface area contributed by atoms with E-state index in [0.29, 0.717) is 50.1 Å². The fourth-order valence-corrected chi connectivity index (χ4v) is 3.26. The maximum Gasteiger partial charge on any atom is 0.251 e. The topological polar surface area (TPSA) is 66.0 Å². The molecule has 0 aromatic heterocycles. The van der Waals surface area contributed by atoms with Crippen molar-refractivity contribution in [2.45, 2.75) is 25.2 Å². The first kappa shape index (κ1) is 17.8. The van der Waals surface area contributed by atoms with Crippen molar-refractivity contribution in [2.24, 2.45) is 0 Å². The van der Waals surface area contributed by atoms with Gasteiger partial charge in [-0.15, -0.1) is 0 Å². The van der Waals surface area contributed by atoms with Crippen LogP contribution in [0.3, 0.4) is 0 Å². The summed E-state index contributed by atoms with van der Waals surface area (Å²) in [6.45, 7) is 2.59. The third kappa shape index (κ3) is 4.40. The molecule has 6 nitrogen and oxygen atoms in total. The highest BCUT2D eigenvalue weighted by atomic mass is 16.6. The van der Waals surface area contributed by atoms with Gasteiger partial charge in [-0.25, -0.2) is 0 Å². The number of hydrogen-bond donors (Lipinski definition) is 1. The van der Waals surface area contributed by atoms with Crippen molar-refractivity contribution >= 4 is 5.91 Å². The molecule has 2 aromatic carbocycles. The van der Waals surface area contributed by atoms with Crippen LogP contribution in [0.4, 0.5) is 0 Å². The van der Waals surface area contributed by atoms with Crippen LogP contribution in [-0.2, 0) is 16.1 Å². The number of rotatable bonds is 5. The van der Waals surface area contributed by atoms with E-state index >= 15 is 0 Å². The maximum absolute atomic E-state index is 12.7. The molecule has 2 aliphatic rings. The van der Waals surface area contributed by atoms with Gasteiger partial charge in [0.1, 0.15) is 19.3 Å². The number of amides is 1. The molecule has 2 atom stereocenters. The van der Waals surface area contributed by atoms with Gasteiger partial charge in [0.05, 0.1) is 19.3 Å². The fourth-order valence-electron chi connectivity index (χ4n) is 3.26. The minimum absolute atomic E-state index is 0.0943. The van der Waals surface area contributed by atoms with E-state index in [1.165, 1.54) is 0 Å². The highest BCUT2D eigenvalue weighted by Crippen LogP contribution is 2.30. The Morgan fingerprint density at radius 3 is 2.70 bits per heavy atom. The van der Waals surface area contributed by atoms with Gasteiger partial charge in [0.2, 0.25) is 0 Å². The second-order valence-electron chi connectivity index (χ2n) is 6.64. The second-order valence-corrected chi connectivity index (χ2v) is 6.64. The Bertz CT molecular complexity index is 779. The molecule has 2 aromatic rings. The molecule has 2 heterocycles. The number of carbonyl (C=O) groups excluding carboxylic acids is 1. The molecule has 0 spiro atoms. The second kappa shape index (κ2) is 8.41. The van der Waals surface area contributed by atoms with Crippen LogP contribution in [0, 0.1) is 0 Å². The number of hydrogen-bond acceptors (Lipinski definition) is 5. The first-order chi connectivity index (χ1) is 13.3. The highest BCUT2D eigenvalue weighted by molar-refractivity contribution is 5.95. The van der Waals surface area contributed by atoms with Crippen molar-refractivity contribution in [3.05, 3.63) is 59.7 Å². The summed E-state index contributed by atoms with van der Waals surface area (Å²) < 4.78 is 22.6. The van der Waals surface area contributed by atoms with Gasteiger partial charge in [0.25, 0.3) is 5.91 Å². The SMILES string of the molecule is O=C(N[C@@H]1CCOC[C@H]1OCc1ccccc1)c1ccc2c(c1)OCCO2. The lowest BCUT2D eigenvalue weighted by molar-refractivity contribution is -0.0736. The molecule has 2 aliphatic heterocycles. The summed E-state index contributed by atoms with van der Waals surface area (Å²) in [5, 5.41) is 3.09. The Hall–Kier alpha value is -2.57. The zero-order valence-electron chi connectivity index (χ0n) is 15.1. The quantitative estimate of drug-likeness (QED) is 0.878. The van der Waals surface area contributed by atoms with Crippen molar-refractivity contribution < 1.29 is 23.7 Å². The van der Waals surface area contributed by atoms with E-state index in [4.69, 9.17) is 18.9 Å². The molecule has 0 aliphatic carbocycles. The van der Waals surface area contributed by atoms with Crippen molar-refractivity contribution in [3.63, 3.8) is 0 Å². The molecule has 142 valence electrons. The van der Waals surface area contributed by atoms with Crippen LogP contribution in [0.15, 0.2) is 48.5 Å². The molecule has 27 heavy (non-hydrogen) atoms. The van der Waals surface area contributed by atoms with Gasteiger partial charge in [-0.1, -0.05) is 30.3 Å². The predicted molar refractivity (Wildman–Crippen MR) is 99.1 cm³/mol. The molecule has 0 unspecified atom stereocenters. The number of ether oxygens (including phenoxy) is 4. The predicted octanol–water partition coefficient (Wildman–Crippen LogP) is 2.56. The molecule has 0 saturated carbocycles. The third-order valence-corrected chi connectivity index (χ3v) is 4.73. The Labute approximate surface area is 158 Å². The number of nitrogens with one attached hydrogen (secondary N) is 1. The molecular weight excluding hydrogens is 346 g/mol. The zero-order chi connectivity index (χ0) is 18.5. The number of benzene rings is 2. The highest BCUT2D eigenvalue weighted by Gasteiger charge is 2.28. The molecule has 0 bridgehead atoms. The van der Waals surface area contributed by atoms with Gasteiger partial charge in [-0.05, 0) is 30.2 Å². The third-order valence-electron chi connectivity index (χ3n) is 4.73. The molecule has 1 N–H and O–H groups in total. The summed E-state index contributed by atoms with van der Waals surface area (Å²) in [4.78, 5) is 12.7. The largest absolute Gasteiger partial charge is 0.486 e.